The van der Waals surface area contributed by atoms with Crippen LogP contribution in [-0.4, -0.2) is 29.3 Å². The highest BCUT2D eigenvalue weighted by atomic mass is 35.5. The first-order chi connectivity index (χ1) is 13.5. The summed E-state index contributed by atoms with van der Waals surface area (Å²) in [7, 11) is 1.50. The lowest BCUT2D eigenvalue weighted by molar-refractivity contribution is -0.122. The van der Waals surface area contributed by atoms with Gasteiger partial charge in [-0.2, -0.15) is 0 Å². The number of hydrogen-bond acceptors (Lipinski definition) is 6. The van der Waals surface area contributed by atoms with Crippen molar-refractivity contribution in [2.75, 3.05) is 17.9 Å². The lowest BCUT2D eigenvalue weighted by atomic mass is 10.2. The predicted octanol–water partition coefficient (Wildman–Crippen LogP) is 3.60. The molecule has 0 aliphatic carbocycles. The predicted molar refractivity (Wildman–Crippen MR) is 113 cm³/mol. The van der Waals surface area contributed by atoms with Gasteiger partial charge in [0.2, 0.25) is 11.8 Å². The van der Waals surface area contributed by atoms with Crippen LogP contribution in [0, 0.1) is 6.92 Å². The number of benzene rings is 2. The molecule has 1 aliphatic rings. The van der Waals surface area contributed by atoms with E-state index in [0.29, 0.717) is 21.6 Å². The molecule has 28 heavy (non-hydrogen) atoms. The standard InChI is InChI=1S/C19H19ClN4O3S/c1-11-8-14(15(27-2)9-13(11)20)21-17(25)10-16-18(26)22-19(28-16)24-23-12-6-4-3-5-7-12/h3-9,16,23H,10H2,1-2H3,(H,21,25)(H,22,24,26)/t16-/m1/s1. The van der Waals surface area contributed by atoms with Crippen LogP contribution in [-0.2, 0) is 9.59 Å². The molecule has 0 bridgehead atoms. The van der Waals surface area contributed by atoms with Gasteiger partial charge in [0.1, 0.15) is 11.0 Å². The number of methoxy groups -OCH3 is 1. The van der Waals surface area contributed by atoms with E-state index in [1.807, 2.05) is 37.3 Å². The highest BCUT2D eigenvalue weighted by molar-refractivity contribution is 8.15. The summed E-state index contributed by atoms with van der Waals surface area (Å²) in [4.78, 5) is 24.6. The van der Waals surface area contributed by atoms with Gasteiger partial charge in [-0.3, -0.25) is 15.0 Å². The Hall–Kier alpha value is -2.71. The van der Waals surface area contributed by atoms with Crippen LogP contribution in [0.3, 0.4) is 0 Å². The number of hydrogen-bond donors (Lipinski definition) is 3. The zero-order valence-electron chi connectivity index (χ0n) is 15.3. The maximum Gasteiger partial charge on any atom is 0.240 e. The van der Waals surface area contributed by atoms with E-state index in [1.54, 1.807) is 12.1 Å². The number of nitrogens with one attached hydrogen (secondary N) is 3. The molecular weight excluding hydrogens is 400 g/mol. The monoisotopic (exact) mass is 418 g/mol. The van der Waals surface area contributed by atoms with Gasteiger partial charge >= 0.3 is 0 Å². The molecule has 0 saturated carbocycles. The van der Waals surface area contributed by atoms with Crippen molar-refractivity contribution in [3.8, 4) is 5.75 Å². The van der Waals surface area contributed by atoms with Crippen molar-refractivity contribution in [3.63, 3.8) is 0 Å². The molecule has 0 radical (unpaired) electrons. The summed E-state index contributed by atoms with van der Waals surface area (Å²) in [5.41, 5.74) is 5.00. The van der Waals surface area contributed by atoms with Crippen LogP contribution in [0.4, 0.5) is 11.4 Å². The highest BCUT2D eigenvalue weighted by Gasteiger charge is 2.32. The normalized spacial score (nSPS) is 17.3. The third-order valence-corrected chi connectivity index (χ3v) is 5.45. The van der Waals surface area contributed by atoms with Crippen LogP contribution in [0.25, 0.3) is 0 Å². The Balaban J connectivity index is 1.60. The molecule has 2 aromatic rings. The summed E-state index contributed by atoms with van der Waals surface area (Å²) < 4.78 is 5.25. The van der Waals surface area contributed by atoms with Crippen molar-refractivity contribution < 1.29 is 14.3 Å². The molecule has 2 aromatic carbocycles. The number of ether oxygens (including phenoxy) is 1. The second-order valence-electron chi connectivity index (χ2n) is 6.04. The first-order valence-corrected chi connectivity index (χ1v) is 9.72. The van der Waals surface area contributed by atoms with Crippen LogP contribution >= 0.6 is 23.4 Å². The van der Waals surface area contributed by atoms with Gasteiger partial charge < -0.3 is 15.4 Å². The quantitative estimate of drug-likeness (QED) is 0.623. The molecule has 7 nitrogen and oxygen atoms in total. The van der Waals surface area contributed by atoms with Gasteiger partial charge in [0.25, 0.3) is 0 Å². The summed E-state index contributed by atoms with van der Waals surface area (Å²) in [6, 6.07) is 12.7. The second kappa shape index (κ2) is 8.99. The van der Waals surface area contributed by atoms with Gasteiger partial charge in [0, 0.05) is 17.5 Å². The molecule has 1 heterocycles. The Kier molecular flexibility index (Phi) is 6.43. The molecule has 1 fully saturated rings. The number of amides is 2. The molecule has 0 spiro atoms. The van der Waals surface area contributed by atoms with E-state index < -0.39 is 5.25 Å². The number of para-hydroxylation sites is 1. The second-order valence-corrected chi connectivity index (χ2v) is 7.64. The van der Waals surface area contributed by atoms with E-state index in [9.17, 15) is 9.59 Å². The van der Waals surface area contributed by atoms with Crippen molar-refractivity contribution in [1.82, 2.24) is 5.32 Å². The van der Waals surface area contributed by atoms with Crippen molar-refractivity contribution >= 4 is 51.7 Å². The Morgan fingerprint density at radius 3 is 2.79 bits per heavy atom. The minimum Gasteiger partial charge on any atom is -0.495 e. The number of anilines is 2. The molecule has 0 aromatic heterocycles. The molecule has 2 amide bonds. The average Bonchev–Trinajstić information content (AvgIpc) is 3.03. The topological polar surface area (TPSA) is 91.8 Å². The van der Waals surface area contributed by atoms with Gasteiger partial charge in [0.05, 0.1) is 18.5 Å². The summed E-state index contributed by atoms with van der Waals surface area (Å²) >= 11 is 7.29. The largest absolute Gasteiger partial charge is 0.495 e. The van der Waals surface area contributed by atoms with Gasteiger partial charge in [-0.1, -0.05) is 41.6 Å². The van der Waals surface area contributed by atoms with Crippen LogP contribution < -0.4 is 20.8 Å². The fraction of sp³-hybridized carbons (Fsp3) is 0.211. The maximum atomic E-state index is 12.4. The Bertz CT molecular complexity index is 921. The number of nitrogens with zero attached hydrogens (tertiary/aromatic N) is 1. The van der Waals surface area contributed by atoms with Gasteiger partial charge in [-0.15, -0.1) is 5.10 Å². The fourth-order valence-electron chi connectivity index (χ4n) is 2.52. The zero-order chi connectivity index (χ0) is 20.1. The lowest BCUT2D eigenvalue weighted by Gasteiger charge is -2.13. The average molecular weight is 419 g/mol. The minimum absolute atomic E-state index is 0.00564. The van der Waals surface area contributed by atoms with Crippen molar-refractivity contribution in [3.05, 3.63) is 53.1 Å². The molecule has 3 N–H and O–H groups in total. The van der Waals surface area contributed by atoms with Crippen LogP contribution in [0.15, 0.2) is 47.6 Å². The molecule has 0 unspecified atom stereocenters. The molecule has 9 heteroatoms. The Morgan fingerprint density at radius 1 is 1.32 bits per heavy atom. The molecule has 3 rings (SSSR count). The summed E-state index contributed by atoms with van der Waals surface area (Å²) in [6.07, 6.45) is 0.00564. The summed E-state index contributed by atoms with van der Waals surface area (Å²) in [5.74, 6) is -0.0975. The molecule has 1 atom stereocenters. The van der Waals surface area contributed by atoms with Crippen LogP contribution in [0.5, 0.6) is 5.75 Å². The number of carbonyl (C=O) groups excluding carboxylic acids is 2. The number of amidine groups is 1. The number of hydrazone groups is 1. The van der Waals surface area contributed by atoms with E-state index in [-0.39, 0.29) is 18.2 Å². The smallest absolute Gasteiger partial charge is 0.240 e. The molecule has 1 aliphatic heterocycles. The van der Waals surface area contributed by atoms with E-state index in [1.165, 1.54) is 18.9 Å². The summed E-state index contributed by atoms with van der Waals surface area (Å²) in [5, 5.41) is 10.0. The Morgan fingerprint density at radius 2 is 2.07 bits per heavy atom. The van der Waals surface area contributed by atoms with E-state index >= 15 is 0 Å². The number of thioether (sulfide) groups is 1. The zero-order valence-corrected chi connectivity index (χ0v) is 16.9. The number of carbonyl (C=O) groups is 2. The highest BCUT2D eigenvalue weighted by Crippen LogP contribution is 2.31. The third-order valence-electron chi connectivity index (χ3n) is 3.96. The van der Waals surface area contributed by atoms with E-state index in [2.05, 4.69) is 21.2 Å². The number of rotatable bonds is 6. The van der Waals surface area contributed by atoms with Crippen molar-refractivity contribution in [1.29, 1.82) is 0 Å². The van der Waals surface area contributed by atoms with E-state index in [0.717, 1.165) is 11.3 Å². The lowest BCUT2D eigenvalue weighted by Crippen LogP contribution is -2.28. The molecule has 1 saturated heterocycles. The SMILES string of the molecule is COc1cc(Cl)c(C)cc1NC(=O)C[C@H]1S/C(=N/Nc2ccccc2)NC1=O. The third kappa shape index (κ3) is 4.96. The first-order valence-electron chi connectivity index (χ1n) is 8.46. The van der Waals surface area contributed by atoms with Crippen LogP contribution in [0.1, 0.15) is 12.0 Å². The number of aryl methyl sites for hydroxylation is 1. The Labute approximate surface area is 171 Å². The van der Waals surface area contributed by atoms with Gasteiger partial charge in [-0.05, 0) is 30.7 Å². The first kappa shape index (κ1) is 20.0. The number of halogens is 1. The summed E-state index contributed by atoms with van der Waals surface area (Å²) in [6.45, 7) is 1.83. The van der Waals surface area contributed by atoms with E-state index in [4.69, 9.17) is 16.3 Å². The fourth-order valence-corrected chi connectivity index (χ4v) is 3.60. The van der Waals surface area contributed by atoms with Gasteiger partial charge in [0.15, 0.2) is 5.17 Å². The molecule has 146 valence electrons. The maximum absolute atomic E-state index is 12.4. The minimum atomic E-state index is -0.560. The molecular formula is C19H19ClN4O3S. The van der Waals surface area contributed by atoms with Crippen molar-refractivity contribution in [2.45, 2.75) is 18.6 Å². The van der Waals surface area contributed by atoms with Gasteiger partial charge in [-0.25, -0.2) is 0 Å². The van der Waals surface area contributed by atoms with Crippen LogP contribution in [0.2, 0.25) is 5.02 Å². The van der Waals surface area contributed by atoms with Crippen molar-refractivity contribution in [2.24, 2.45) is 5.10 Å².